The van der Waals surface area contributed by atoms with Gasteiger partial charge in [0.25, 0.3) is 14.4 Å². The van der Waals surface area contributed by atoms with Crippen molar-refractivity contribution in [3.8, 4) is 23.8 Å². The largest absolute Gasteiger partial charge is 0.497 e. The van der Waals surface area contributed by atoms with Crippen molar-refractivity contribution in [1.82, 2.24) is 24.2 Å². The molecule has 6 aromatic rings. The van der Waals surface area contributed by atoms with E-state index in [1.807, 2.05) is 77.4 Å². The molecule has 1 saturated heterocycles. The number of imidazole rings is 1. The molecular formula is C48H53N6O7P. The van der Waals surface area contributed by atoms with Gasteiger partial charge >= 0.3 is 0 Å². The molecule has 1 N–H and O–H groups in total. The number of methoxy groups -OCH3 is 2. The number of nitrogens with zero attached hydrogens (tertiary/aromatic N) is 5. The minimum Gasteiger partial charge on any atom is -0.497 e. The SMILES string of the molecule is C#CCCOP(OC1CC(n2cnc3c(NC(=O)c4ccccc4)ncnc32)OC1COC(c1ccccc1)(c1ccc(OC)cc1)c1ccc(OC)cc1)N(C(C)C)C(C)C. The molecule has 0 saturated carbocycles. The maximum absolute atomic E-state index is 13.2. The molecule has 1 aliphatic heterocycles. The minimum atomic E-state index is -1.61. The van der Waals surface area contributed by atoms with E-state index in [1.165, 1.54) is 6.33 Å². The third kappa shape index (κ3) is 9.67. The average molecular weight is 857 g/mol. The van der Waals surface area contributed by atoms with Crippen molar-refractivity contribution in [2.45, 2.75) is 76.7 Å². The second-order valence-electron chi connectivity index (χ2n) is 15.3. The molecule has 0 aliphatic carbocycles. The van der Waals surface area contributed by atoms with Gasteiger partial charge in [0.15, 0.2) is 17.0 Å². The van der Waals surface area contributed by atoms with Crippen LogP contribution in [0.15, 0.2) is 122 Å². The van der Waals surface area contributed by atoms with Crippen LogP contribution in [0.1, 0.15) is 73.8 Å². The summed E-state index contributed by atoms with van der Waals surface area (Å²) >= 11 is 0. The van der Waals surface area contributed by atoms with Crippen molar-refractivity contribution in [2.75, 3.05) is 32.8 Å². The van der Waals surface area contributed by atoms with Gasteiger partial charge in [-0.15, -0.1) is 12.3 Å². The normalized spacial score (nSPS) is 17.1. The summed E-state index contributed by atoms with van der Waals surface area (Å²) in [7, 11) is 1.69. The van der Waals surface area contributed by atoms with Gasteiger partial charge in [0, 0.05) is 30.5 Å². The van der Waals surface area contributed by atoms with Crippen LogP contribution in [0.25, 0.3) is 11.2 Å². The Balaban J connectivity index is 1.28. The average Bonchev–Trinajstić information content (AvgIpc) is 3.92. The molecule has 4 atom stereocenters. The number of hydrogen-bond acceptors (Lipinski definition) is 11. The number of anilines is 1. The number of nitrogens with one attached hydrogen (secondary N) is 1. The molecule has 62 heavy (non-hydrogen) atoms. The first-order chi connectivity index (χ1) is 30.2. The van der Waals surface area contributed by atoms with Crippen molar-refractivity contribution in [3.63, 3.8) is 0 Å². The van der Waals surface area contributed by atoms with Crippen LogP contribution < -0.4 is 14.8 Å². The van der Waals surface area contributed by atoms with E-state index in [0.717, 1.165) is 28.2 Å². The zero-order valence-electron chi connectivity index (χ0n) is 35.9. The summed E-state index contributed by atoms with van der Waals surface area (Å²) < 4.78 is 43.2. The Morgan fingerprint density at radius 3 is 2.05 bits per heavy atom. The first-order valence-electron chi connectivity index (χ1n) is 20.7. The van der Waals surface area contributed by atoms with Crippen molar-refractivity contribution in [3.05, 3.63) is 144 Å². The molecule has 2 aromatic heterocycles. The summed E-state index contributed by atoms with van der Waals surface area (Å²) in [5.41, 5.74) is 2.98. The minimum absolute atomic E-state index is 0.102. The van der Waals surface area contributed by atoms with Crippen molar-refractivity contribution in [1.29, 1.82) is 0 Å². The number of carbonyl (C=O) groups is 1. The van der Waals surface area contributed by atoms with Gasteiger partial charge in [-0.05, 0) is 80.8 Å². The smallest absolute Gasteiger partial charge is 0.259 e. The molecule has 1 amide bonds. The fourth-order valence-corrected chi connectivity index (χ4v) is 9.52. The van der Waals surface area contributed by atoms with E-state index in [-0.39, 0.29) is 30.4 Å². The van der Waals surface area contributed by atoms with Gasteiger partial charge in [-0.25, -0.2) is 19.6 Å². The van der Waals surface area contributed by atoms with Crippen molar-refractivity contribution < 1.29 is 32.8 Å². The summed E-state index contributed by atoms with van der Waals surface area (Å²) in [4.78, 5) is 26.9. The number of aromatic nitrogens is 4. The molecule has 0 radical (unpaired) electrons. The molecular weight excluding hydrogens is 804 g/mol. The highest BCUT2D eigenvalue weighted by molar-refractivity contribution is 7.44. The predicted molar refractivity (Wildman–Crippen MR) is 240 cm³/mol. The summed E-state index contributed by atoms with van der Waals surface area (Å²) in [6.07, 6.45) is 7.85. The van der Waals surface area contributed by atoms with E-state index in [1.54, 1.807) is 44.8 Å². The third-order valence-corrected chi connectivity index (χ3v) is 12.8. The molecule has 4 aromatic carbocycles. The summed E-state index contributed by atoms with van der Waals surface area (Å²) in [6.45, 7) is 8.94. The Morgan fingerprint density at radius 2 is 1.47 bits per heavy atom. The Bertz CT molecular complexity index is 2350. The van der Waals surface area contributed by atoms with E-state index in [4.69, 9.17) is 34.4 Å². The molecule has 13 nitrogen and oxygen atoms in total. The van der Waals surface area contributed by atoms with E-state index in [9.17, 15) is 4.79 Å². The monoisotopic (exact) mass is 856 g/mol. The molecule has 0 bridgehead atoms. The maximum Gasteiger partial charge on any atom is 0.259 e. The van der Waals surface area contributed by atoms with Crippen molar-refractivity contribution >= 4 is 31.4 Å². The lowest BCUT2D eigenvalue weighted by Crippen LogP contribution is -2.39. The highest BCUT2D eigenvalue weighted by atomic mass is 31.2. The van der Waals surface area contributed by atoms with E-state index >= 15 is 0 Å². The summed E-state index contributed by atoms with van der Waals surface area (Å²) in [5.74, 6) is 4.11. The first kappa shape index (κ1) is 44.3. The first-order valence-corrected chi connectivity index (χ1v) is 21.8. The van der Waals surface area contributed by atoms with Gasteiger partial charge in [0.05, 0.1) is 39.9 Å². The predicted octanol–water partition coefficient (Wildman–Crippen LogP) is 9.16. The van der Waals surface area contributed by atoms with Crippen LogP contribution in [0.4, 0.5) is 5.82 Å². The topological polar surface area (TPSA) is 131 Å². The molecule has 1 aliphatic rings. The van der Waals surface area contributed by atoms with Crippen LogP contribution in [0, 0.1) is 12.3 Å². The highest BCUT2D eigenvalue weighted by Gasteiger charge is 2.45. The maximum atomic E-state index is 13.2. The number of ether oxygens (including phenoxy) is 4. The fraction of sp³-hybridized carbons (Fsp3) is 0.333. The van der Waals surface area contributed by atoms with Crippen LogP contribution in [-0.4, -0.2) is 81.8 Å². The molecule has 14 heteroatoms. The van der Waals surface area contributed by atoms with Gasteiger partial charge in [0.2, 0.25) is 0 Å². The summed E-state index contributed by atoms with van der Waals surface area (Å²) in [6, 6.07) is 35.1. The highest BCUT2D eigenvalue weighted by Crippen LogP contribution is 2.51. The van der Waals surface area contributed by atoms with Gasteiger partial charge in [0.1, 0.15) is 35.8 Å². The number of fused-ring (bicyclic) bond motifs is 1. The number of hydrogen-bond donors (Lipinski definition) is 1. The molecule has 4 unspecified atom stereocenters. The van der Waals surface area contributed by atoms with Crippen molar-refractivity contribution in [2.24, 2.45) is 0 Å². The number of benzene rings is 4. The van der Waals surface area contributed by atoms with Crippen LogP contribution in [-0.2, 0) is 24.1 Å². The lowest BCUT2D eigenvalue weighted by atomic mass is 9.80. The Labute approximate surface area is 364 Å². The van der Waals surface area contributed by atoms with E-state index in [0.29, 0.717) is 36.2 Å². The van der Waals surface area contributed by atoms with E-state index in [2.05, 4.69) is 70.7 Å². The van der Waals surface area contributed by atoms with Gasteiger partial charge in [-0.1, -0.05) is 72.8 Å². The molecule has 3 heterocycles. The number of amides is 1. The Morgan fingerprint density at radius 1 is 0.871 bits per heavy atom. The van der Waals surface area contributed by atoms with Crippen LogP contribution in [0.2, 0.25) is 0 Å². The zero-order chi connectivity index (χ0) is 43.6. The zero-order valence-corrected chi connectivity index (χ0v) is 36.8. The number of terminal acetylenes is 1. The standard InChI is InChI=1S/C48H53N6O7P/c1-8-9-28-59-62(54(33(2)3)34(4)5)61-41-29-43(53-32-51-44-45(49-31-50-46(44)53)52-47(55)35-16-12-10-13-17-35)60-42(41)30-58-48(36-18-14-11-15-19-36,37-20-24-39(56-6)25-21-37)38-22-26-40(57-7)27-23-38/h1,10-27,31-34,41-43H,9,28-30H2,2-7H3,(H,49,50,52,55). The molecule has 0 spiro atoms. The molecule has 1 fully saturated rings. The van der Waals surface area contributed by atoms with Crippen LogP contribution >= 0.6 is 8.53 Å². The lowest BCUT2D eigenvalue weighted by molar-refractivity contribution is -0.0912. The van der Waals surface area contributed by atoms with Gasteiger partial charge in [-0.3, -0.25) is 9.36 Å². The quantitative estimate of drug-likeness (QED) is 0.0362. The number of rotatable bonds is 19. The van der Waals surface area contributed by atoms with Crippen LogP contribution in [0.5, 0.6) is 11.5 Å². The number of carbonyl (C=O) groups excluding carboxylic acids is 1. The second-order valence-corrected chi connectivity index (χ2v) is 16.7. The van der Waals surface area contributed by atoms with Gasteiger partial charge in [-0.2, -0.15) is 0 Å². The molecule has 7 rings (SSSR count). The molecule has 322 valence electrons. The van der Waals surface area contributed by atoms with Crippen LogP contribution in [0.3, 0.4) is 0 Å². The third-order valence-electron chi connectivity index (χ3n) is 10.7. The fourth-order valence-electron chi connectivity index (χ4n) is 7.76. The Hall–Kier alpha value is -5.71. The Kier molecular flexibility index (Phi) is 14.6. The summed E-state index contributed by atoms with van der Waals surface area (Å²) in [5, 5.41) is 2.90. The van der Waals surface area contributed by atoms with Gasteiger partial charge < -0.3 is 33.3 Å². The second kappa shape index (κ2) is 20.4. The lowest BCUT2D eigenvalue weighted by Gasteiger charge is -2.39. The van der Waals surface area contributed by atoms with E-state index < -0.39 is 32.6 Å².